The van der Waals surface area contributed by atoms with Crippen LogP contribution < -0.4 is 5.32 Å². The lowest BCUT2D eigenvalue weighted by Gasteiger charge is -2.10. The van der Waals surface area contributed by atoms with Crippen LogP contribution in [0.1, 0.15) is 16.8 Å². The summed E-state index contributed by atoms with van der Waals surface area (Å²) in [6.45, 7) is 3.55. The Bertz CT molecular complexity index is 707. The second-order valence-corrected chi connectivity index (χ2v) is 5.01. The molecule has 0 aliphatic rings. The Morgan fingerprint density at radius 2 is 2.14 bits per heavy atom. The van der Waals surface area contributed by atoms with Crippen molar-refractivity contribution < 1.29 is 9.31 Å². The fourth-order valence-electron chi connectivity index (χ4n) is 2.02. The Morgan fingerprint density at radius 3 is 2.76 bits per heavy atom. The van der Waals surface area contributed by atoms with E-state index in [1.165, 1.54) is 18.3 Å². The monoisotopic (exact) mass is 309 g/mol. The summed E-state index contributed by atoms with van der Waals surface area (Å²) in [7, 11) is 0. The summed E-state index contributed by atoms with van der Waals surface area (Å²) >= 11 is 5.61. The van der Waals surface area contributed by atoms with Crippen LogP contribution >= 0.6 is 11.6 Å². The van der Waals surface area contributed by atoms with E-state index in [0.717, 1.165) is 0 Å². The predicted octanol–water partition coefficient (Wildman–Crippen LogP) is 4.01. The van der Waals surface area contributed by atoms with E-state index in [1.807, 2.05) is 0 Å². The fraction of sp³-hybridized carbons (Fsp3) is 0.214. The molecule has 110 valence electrons. The van der Waals surface area contributed by atoms with Crippen LogP contribution in [0.5, 0.6) is 0 Å². The standard InChI is InChI=1S/C14H13ClFN3O2/c1-8-6-18-13(9(2)14(8)19(20)21)7-17-10-3-4-11(15)12(16)5-10/h3-6,17H,7H2,1-2H3. The minimum absolute atomic E-state index is 0.0424. The third kappa shape index (κ3) is 3.28. The van der Waals surface area contributed by atoms with Crippen molar-refractivity contribution >= 4 is 23.0 Å². The van der Waals surface area contributed by atoms with Crippen LogP contribution in [-0.4, -0.2) is 9.91 Å². The zero-order valence-corrected chi connectivity index (χ0v) is 12.2. The summed E-state index contributed by atoms with van der Waals surface area (Å²) in [5.41, 5.74) is 2.15. The summed E-state index contributed by atoms with van der Waals surface area (Å²) in [5, 5.41) is 14.1. The molecule has 0 spiro atoms. The van der Waals surface area contributed by atoms with Crippen molar-refractivity contribution in [3.8, 4) is 0 Å². The van der Waals surface area contributed by atoms with E-state index < -0.39 is 10.7 Å². The molecule has 7 heteroatoms. The molecule has 2 rings (SSSR count). The Kier molecular flexibility index (Phi) is 4.37. The van der Waals surface area contributed by atoms with Crippen LogP contribution in [0.25, 0.3) is 0 Å². The van der Waals surface area contributed by atoms with E-state index >= 15 is 0 Å². The van der Waals surface area contributed by atoms with E-state index in [1.54, 1.807) is 19.9 Å². The van der Waals surface area contributed by atoms with Gasteiger partial charge in [0, 0.05) is 17.4 Å². The lowest BCUT2D eigenvalue weighted by atomic mass is 10.1. The molecule has 0 saturated carbocycles. The number of nitrogens with zero attached hydrogens (tertiary/aromatic N) is 2. The van der Waals surface area contributed by atoms with E-state index in [0.29, 0.717) is 22.5 Å². The first-order valence-electron chi connectivity index (χ1n) is 6.18. The van der Waals surface area contributed by atoms with Crippen LogP contribution in [0.15, 0.2) is 24.4 Å². The number of anilines is 1. The number of aromatic nitrogens is 1. The zero-order chi connectivity index (χ0) is 15.6. The highest BCUT2D eigenvalue weighted by atomic mass is 35.5. The first-order chi connectivity index (χ1) is 9.90. The van der Waals surface area contributed by atoms with Crippen LogP contribution in [0.2, 0.25) is 5.02 Å². The van der Waals surface area contributed by atoms with Crippen molar-refractivity contribution in [1.29, 1.82) is 0 Å². The van der Waals surface area contributed by atoms with Crippen molar-refractivity contribution in [2.45, 2.75) is 20.4 Å². The van der Waals surface area contributed by atoms with Crippen LogP contribution in [0.4, 0.5) is 15.8 Å². The number of halogens is 2. The summed E-state index contributed by atoms with van der Waals surface area (Å²) in [5.74, 6) is -0.527. The average Bonchev–Trinajstić information content (AvgIpc) is 2.41. The third-order valence-electron chi connectivity index (χ3n) is 3.14. The van der Waals surface area contributed by atoms with Gasteiger partial charge >= 0.3 is 0 Å². The van der Waals surface area contributed by atoms with Crippen molar-refractivity contribution in [2.75, 3.05) is 5.32 Å². The van der Waals surface area contributed by atoms with Crippen LogP contribution in [0, 0.1) is 29.8 Å². The molecule has 0 aliphatic carbocycles. The zero-order valence-electron chi connectivity index (χ0n) is 11.5. The van der Waals surface area contributed by atoms with Crippen LogP contribution in [0.3, 0.4) is 0 Å². The molecule has 0 unspecified atom stereocenters. The molecule has 0 amide bonds. The van der Waals surface area contributed by atoms with Crippen LogP contribution in [-0.2, 0) is 6.54 Å². The fourth-order valence-corrected chi connectivity index (χ4v) is 2.13. The number of hydrogen-bond donors (Lipinski definition) is 1. The molecule has 1 aromatic heterocycles. The van der Waals surface area contributed by atoms with Crippen molar-refractivity contribution in [2.24, 2.45) is 0 Å². The molecule has 0 saturated heterocycles. The van der Waals surface area contributed by atoms with E-state index in [9.17, 15) is 14.5 Å². The molecule has 0 radical (unpaired) electrons. The second kappa shape index (κ2) is 6.05. The first-order valence-corrected chi connectivity index (χ1v) is 6.56. The van der Waals surface area contributed by atoms with Gasteiger partial charge in [0.05, 0.1) is 27.7 Å². The first kappa shape index (κ1) is 15.2. The van der Waals surface area contributed by atoms with Gasteiger partial charge in [0.1, 0.15) is 5.82 Å². The van der Waals surface area contributed by atoms with Gasteiger partial charge in [0.15, 0.2) is 0 Å². The molecule has 0 atom stereocenters. The Labute approximate surface area is 125 Å². The normalized spacial score (nSPS) is 10.5. The average molecular weight is 310 g/mol. The maximum absolute atomic E-state index is 13.3. The minimum Gasteiger partial charge on any atom is -0.379 e. The van der Waals surface area contributed by atoms with Gasteiger partial charge in [-0.2, -0.15) is 0 Å². The number of aryl methyl sites for hydroxylation is 1. The number of benzene rings is 1. The Morgan fingerprint density at radius 1 is 1.43 bits per heavy atom. The molecule has 1 aromatic carbocycles. The van der Waals surface area contributed by atoms with E-state index in [2.05, 4.69) is 10.3 Å². The van der Waals surface area contributed by atoms with E-state index in [4.69, 9.17) is 11.6 Å². The Hall–Kier alpha value is -2.21. The SMILES string of the molecule is Cc1cnc(CNc2ccc(Cl)c(F)c2)c(C)c1[N+](=O)[O-]. The summed E-state index contributed by atoms with van der Waals surface area (Å²) < 4.78 is 13.3. The Balaban J connectivity index is 2.22. The number of nitro groups is 1. The number of nitrogens with one attached hydrogen (secondary N) is 1. The van der Waals surface area contributed by atoms with Gasteiger partial charge in [0.25, 0.3) is 5.69 Å². The van der Waals surface area contributed by atoms with Gasteiger partial charge in [0.2, 0.25) is 0 Å². The molecule has 0 aliphatic heterocycles. The van der Waals surface area contributed by atoms with Gasteiger partial charge in [-0.1, -0.05) is 11.6 Å². The molecule has 1 N–H and O–H groups in total. The van der Waals surface area contributed by atoms with Gasteiger partial charge in [-0.25, -0.2) is 4.39 Å². The molecular formula is C14H13ClFN3O2. The summed E-state index contributed by atoms with van der Waals surface area (Å²) in [6, 6.07) is 4.33. The smallest absolute Gasteiger partial charge is 0.278 e. The molecule has 5 nitrogen and oxygen atoms in total. The predicted molar refractivity (Wildman–Crippen MR) is 79.1 cm³/mol. The molecule has 21 heavy (non-hydrogen) atoms. The highest BCUT2D eigenvalue weighted by Crippen LogP contribution is 2.25. The van der Waals surface area contributed by atoms with Gasteiger partial charge in [-0.15, -0.1) is 0 Å². The molecule has 0 bridgehead atoms. The molecular weight excluding hydrogens is 297 g/mol. The number of pyridine rings is 1. The van der Waals surface area contributed by atoms with Crippen molar-refractivity contribution in [1.82, 2.24) is 4.98 Å². The molecule has 0 fully saturated rings. The maximum atomic E-state index is 13.3. The molecule has 1 heterocycles. The number of hydrogen-bond acceptors (Lipinski definition) is 4. The third-order valence-corrected chi connectivity index (χ3v) is 3.44. The lowest BCUT2D eigenvalue weighted by Crippen LogP contribution is -2.07. The topological polar surface area (TPSA) is 68.1 Å². The second-order valence-electron chi connectivity index (χ2n) is 4.60. The summed E-state index contributed by atoms with van der Waals surface area (Å²) in [6.07, 6.45) is 1.46. The lowest BCUT2D eigenvalue weighted by molar-refractivity contribution is -0.386. The maximum Gasteiger partial charge on any atom is 0.278 e. The van der Waals surface area contributed by atoms with Crippen molar-refractivity contribution in [3.63, 3.8) is 0 Å². The van der Waals surface area contributed by atoms with Gasteiger partial charge < -0.3 is 5.32 Å². The van der Waals surface area contributed by atoms with Gasteiger partial charge in [-0.3, -0.25) is 15.1 Å². The summed E-state index contributed by atoms with van der Waals surface area (Å²) in [4.78, 5) is 14.8. The van der Waals surface area contributed by atoms with Gasteiger partial charge in [-0.05, 0) is 32.0 Å². The molecule has 2 aromatic rings. The highest BCUT2D eigenvalue weighted by molar-refractivity contribution is 6.30. The minimum atomic E-state index is -0.527. The highest BCUT2D eigenvalue weighted by Gasteiger charge is 2.18. The van der Waals surface area contributed by atoms with Crippen molar-refractivity contribution in [3.05, 3.63) is 62.2 Å². The van der Waals surface area contributed by atoms with E-state index in [-0.39, 0.29) is 17.3 Å². The quantitative estimate of drug-likeness (QED) is 0.684. The number of rotatable bonds is 4. The largest absolute Gasteiger partial charge is 0.379 e.